The molecule has 6 heteroatoms. The molecule has 15 heavy (non-hydrogen) atoms. The van der Waals surface area contributed by atoms with Crippen molar-refractivity contribution in [3.8, 4) is 0 Å². The van der Waals surface area contributed by atoms with Crippen LogP contribution in [0.2, 0.25) is 0 Å². The SMILES string of the molecule is Cn1nccc1CCNCC/C(N)=N/O. The van der Waals surface area contributed by atoms with Crippen LogP contribution in [0.5, 0.6) is 0 Å². The number of aromatic nitrogens is 2. The highest BCUT2D eigenvalue weighted by molar-refractivity contribution is 5.79. The summed E-state index contributed by atoms with van der Waals surface area (Å²) < 4.78 is 1.85. The molecule has 1 heterocycles. The predicted molar refractivity (Wildman–Crippen MR) is 57.8 cm³/mol. The molecule has 1 rings (SSSR count). The summed E-state index contributed by atoms with van der Waals surface area (Å²) in [6, 6.07) is 1.99. The quantitative estimate of drug-likeness (QED) is 0.198. The lowest BCUT2D eigenvalue weighted by atomic mass is 10.3. The lowest BCUT2D eigenvalue weighted by molar-refractivity contribution is 0.316. The van der Waals surface area contributed by atoms with Gasteiger partial charge in [-0.05, 0) is 6.07 Å². The number of nitrogens with one attached hydrogen (secondary N) is 1. The van der Waals surface area contributed by atoms with E-state index in [4.69, 9.17) is 10.9 Å². The number of amidine groups is 1. The molecule has 0 spiro atoms. The molecule has 4 N–H and O–H groups in total. The fourth-order valence-electron chi connectivity index (χ4n) is 1.25. The maximum absolute atomic E-state index is 8.30. The second-order valence-electron chi connectivity index (χ2n) is 3.29. The lowest BCUT2D eigenvalue weighted by Gasteiger charge is -2.04. The Morgan fingerprint density at radius 1 is 1.67 bits per heavy atom. The molecule has 0 unspecified atom stereocenters. The number of oxime groups is 1. The van der Waals surface area contributed by atoms with Gasteiger partial charge in [-0.1, -0.05) is 5.16 Å². The van der Waals surface area contributed by atoms with E-state index >= 15 is 0 Å². The van der Waals surface area contributed by atoms with E-state index < -0.39 is 0 Å². The minimum atomic E-state index is 0.253. The summed E-state index contributed by atoms with van der Waals surface area (Å²) in [4.78, 5) is 0. The van der Waals surface area contributed by atoms with E-state index in [2.05, 4.69) is 15.6 Å². The van der Waals surface area contributed by atoms with E-state index in [1.165, 1.54) is 5.69 Å². The van der Waals surface area contributed by atoms with Crippen molar-refractivity contribution in [3.05, 3.63) is 18.0 Å². The average Bonchev–Trinajstić information content (AvgIpc) is 2.63. The number of hydrogen-bond acceptors (Lipinski definition) is 4. The van der Waals surface area contributed by atoms with E-state index in [0.717, 1.165) is 13.0 Å². The smallest absolute Gasteiger partial charge is 0.140 e. The highest BCUT2D eigenvalue weighted by Gasteiger charge is 1.97. The van der Waals surface area contributed by atoms with Crippen LogP contribution < -0.4 is 11.1 Å². The maximum Gasteiger partial charge on any atom is 0.140 e. The molecule has 0 fully saturated rings. The van der Waals surface area contributed by atoms with Gasteiger partial charge in [0, 0.05) is 44.9 Å². The van der Waals surface area contributed by atoms with Crippen molar-refractivity contribution in [3.63, 3.8) is 0 Å². The van der Waals surface area contributed by atoms with Gasteiger partial charge in [0.15, 0.2) is 0 Å². The monoisotopic (exact) mass is 211 g/mol. The Morgan fingerprint density at radius 3 is 3.07 bits per heavy atom. The Bertz CT molecular complexity index is 320. The molecule has 0 saturated heterocycles. The molecule has 0 amide bonds. The van der Waals surface area contributed by atoms with Gasteiger partial charge in [0.25, 0.3) is 0 Å². The first kappa shape index (κ1) is 11.5. The van der Waals surface area contributed by atoms with E-state index in [1.807, 2.05) is 17.8 Å². The van der Waals surface area contributed by atoms with E-state index in [9.17, 15) is 0 Å². The summed E-state index contributed by atoms with van der Waals surface area (Å²) in [6.07, 6.45) is 3.26. The zero-order valence-corrected chi connectivity index (χ0v) is 8.85. The van der Waals surface area contributed by atoms with E-state index in [0.29, 0.717) is 13.0 Å². The molecule has 0 radical (unpaired) electrons. The molecular formula is C9H17N5O. The van der Waals surface area contributed by atoms with Crippen molar-refractivity contribution in [2.45, 2.75) is 12.8 Å². The zero-order valence-electron chi connectivity index (χ0n) is 8.85. The highest BCUT2D eigenvalue weighted by atomic mass is 16.4. The first-order valence-corrected chi connectivity index (χ1v) is 4.88. The fourth-order valence-corrected chi connectivity index (χ4v) is 1.25. The fraction of sp³-hybridized carbons (Fsp3) is 0.556. The molecule has 6 nitrogen and oxygen atoms in total. The standard InChI is InChI=1S/C9H17N5O/c1-14-8(3-7-12-14)2-5-11-6-4-9(10)13-15/h3,7,11,15H,2,4-6H2,1H3,(H2,10,13). The van der Waals surface area contributed by atoms with E-state index in [-0.39, 0.29) is 5.84 Å². The van der Waals surface area contributed by atoms with Crippen molar-refractivity contribution in [2.24, 2.45) is 17.9 Å². The topological polar surface area (TPSA) is 88.5 Å². The normalized spacial score (nSPS) is 11.9. The van der Waals surface area contributed by atoms with Crippen LogP contribution in [0.3, 0.4) is 0 Å². The van der Waals surface area contributed by atoms with Gasteiger partial charge in [-0.15, -0.1) is 0 Å². The maximum atomic E-state index is 8.30. The van der Waals surface area contributed by atoms with Gasteiger partial charge in [0.1, 0.15) is 5.84 Å². The third-order valence-corrected chi connectivity index (χ3v) is 2.17. The molecule has 0 atom stereocenters. The van der Waals surface area contributed by atoms with Crippen molar-refractivity contribution < 1.29 is 5.21 Å². The van der Waals surface area contributed by atoms with Crippen molar-refractivity contribution >= 4 is 5.84 Å². The van der Waals surface area contributed by atoms with Crippen LogP contribution in [-0.2, 0) is 13.5 Å². The number of nitrogens with two attached hydrogens (primary N) is 1. The van der Waals surface area contributed by atoms with Gasteiger partial charge in [-0.25, -0.2) is 0 Å². The van der Waals surface area contributed by atoms with Gasteiger partial charge in [0.05, 0.1) is 0 Å². The summed E-state index contributed by atoms with van der Waals surface area (Å²) in [5.74, 6) is 0.253. The third kappa shape index (κ3) is 3.99. The molecule has 0 aliphatic heterocycles. The molecule has 1 aromatic heterocycles. The first-order chi connectivity index (χ1) is 7.24. The molecule has 1 aromatic rings. The van der Waals surface area contributed by atoms with Crippen LogP contribution in [0.25, 0.3) is 0 Å². The van der Waals surface area contributed by atoms with Crippen LogP contribution >= 0.6 is 0 Å². The Labute approximate surface area is 88.8 Å². The second kappa shape index (κ2) is 6.02. The summed E-state index contributed by atoms with van der Waals surface area (Å²) in [5, 5.41) is 18.5. The molecule has 0 aromatic carbocycles. The van der Waals surface area contributed by atoms with Gasteiger partial charge in [-0.3, -0.25) is 4.68 Å². The molecule has 0 aliphatic carbocycles. The lowest BCUT2D eigenvalue weighted by Crippen LogP contribution is -2.24. The second-order valence-corrected chi connectivity index (χ2v) is 3.29. The van der Waals surface area contributed by atoms with E-state index in [1.54, 1.807) is 6.20 Å². The van der Waals surface area contributed by atoms with Crippen LogP contribution in [0, 0.1) is 0 Å². The molecule has 0 aliphatic rings. The summed E-state index contributed by atoms with van der Waals surface area (Å²) in [7, 11) is 1.92. The minimum absolute atomic E-state index is 0.253. The Kier molecular flexibility index (Phi) is 4.62. The average molecular weight is 211 g/mol. The molecule has 84 valence electrons. The number of hydrogen-bond donors (Lipinski definition) is 3. The summed E-state index contributed by atoms with van der Waals surface area (Å²) in [5.41, 5.74) is 6.51. The largest absolute Gasteiger partial charge is 0.409 e. The number of nitrogens with zero attached hydrogens (tertiary/aromatic N) is 3. The Morgan fingerprint density at radius 2 is 2.47 bits per heavy atom. The Balaban J connectivity index is 2.10. The van der Waals surface area contributed by atoms with Gasteiger partial charge in [-0.2, -0.15) is 5.10 Å². The summed E-state index contributed by atoms with van der Waals surface area (Å²) >= 11 is 0. The molecular weight excluding hydrogens is 194 g/mol. The zero-order chi connectivity index (χ0) is 11.1. The van der Waals surface area contributed by atoms with Crippen LogP contribution in [0.1, 0.15) is 12.1 Å². The highest BCUT2D eigenvalue weighted by Crippen LogP contribution is 1.95. The van der Waals surface area contributed by atoms with Crippen LogP contribution in [0.15, 0.2) is 17.4 Å². The van der Waals surface area contributed by atoms with Crippen molar-refractivity contribution in [1.29, 1.82) is 0 Å². The number of rotatable bonds is 6. The van der Waals surface area contributed by atoms with Crippen molar-refractivity contribution in [2.75, 3.05) is 13.1 Å². The Hall–Kier alpha value is -1.56. The van der Waals surface area contributed by atoms with Gasteiger partial charge in [0.2, 0.25) is 0 Å². The van der Waals surface area contributed by atoms with Crippen LogP contribution in [0.4, 0.5) is 0 Å². The first-order valence-electron chi connectivity index (χ1n) is 4.88. The van der Waals surface area contributed by atoms with Gasteiger partial charge < -0.3 is 16.3 Å². The molecule has 0 saturated carbocycles. The predicted octanol–water partition coefficient (Wildman–Crippen LogP) is -0.311. The van der Waals surface area contributed by atoms with Crippen LogP contribution in [-0.4, -0.2) is 33.9 Å². The molecule has 0 bridgehead atoms. The summed E-state index contributed by atoms with van der Waals surface area (Å²) in [6.45, 7) is 1.58. The third-order valence-electron chi connectivity index (χ3n) is 2.17. The van der Waals surface area contributed by atoms with Gasteiger partial charge >= 0.3 is 0 Å². The minimum Gasteiger partial charge on any atom is -0.409 e. The van der Waals surface area contributed by atoms with Crippen molar-refractivity contribution in [1.82, 2.24) is 15.1 Å². The number of aryl methyl sites for hydroxylation is 1.